The van der Waals surface area contributed by atoms with Crippen LogP contribution in [0.5, 0.6) is 0 Å². The molecule has 138 valence electrons. The van der Waals surface area contributed by atoms with Crippen LogP contribution in [0.2, 0.25) is 5.02 Å². The quantitative estimate of drug-likeness (QED) is 0.616. The van der Waals surface area contributed by atoms with Gasteiger partial charge in [-0.2, -0.15) is 8.78 Å². The number of alkyl halides is 2. The molecule has 0 saturated heterocycles. The summed E-state index contributed by atoms with van der Waals surface area (Å²) in [5.41, 5.74) is 2.40. The second-order valence-electron chi connectivity index (χ2n) is 5.41. The van der Waals surface area contributed by atoms with Crippen LogP contribution in [0.3, 0.4) is 0 Å². The number of benzene rings is 1. The van der Waals surface area contributed by atoms with E-state index >= 15 is 0 Å². The topological polar surface area (TPSA) is 66.0 Å². The Morgan fingerprint density at radius 1 is 1.23 bits per heavy atom. The third-order valence-corrected chi connectivity index (χ3v) is 3.74. The van der Waals surface area contributed by atoms with Crippen LogP contribution < -0.4 is 16.0 Å². The molecule has 1 amide bonds. The number of hydrogen-bond acceptors (Lipinski definition) is 4. The number of aromatic nitrogens is 1. The summed E-state index contributed by atoms with van der Waals surface area (Å²) in [5.74, 6) is -0.323. The normalized spacial score (nSPS) is 11.5. The van der Waals surface area contributed by atoms with Gasteiger partial charge in [0.1, 0.15) is 5.69 Å². The van der Waals surface area contributed by atoms with Crippen LogP contribution in [0.25, 0.3) is 5.57 Å². The lowest BCUT2D eigenvalue weighted by molar-refractivity contribution is 0.0946. The maximum atomic E-state index is 12.3. The average molecular weight is 381 g/mol. The molecule has 1 aromatic carbocycles. The number of pyridine rings is 1. The van der Waals surface area contributed by atoms with Crippen molar-refractivity contribution in [1.29, 1.82) is 0 Å². The minimum Gasteiger partial charge on any atom is -0.347 e. The first kappa shape index (κ1) is 19.8. The fourth-order valence-electron chi connectivity index (χ4n) is 2.18. The van der Waals surface area contributed by atoms with Crippen LogP contribution in [-0.2, 0) is 6.54 Å². The predicted molar refractivity (Wildman–Crippen MR) is 97.9 cm³/mol. The van der Waals surface area contributed by atoms with Crippen molar-refractivity contribution in [3.8, 4) is 0 Å². The first-order valence-corrected chi connectivity index (χ1v) is 8.24. The van der Waals surface area contributed by atoms with Gasteiger partial charge < -0.3 is 16.0 Å². The smallest absolute Gasteiger partial charge is 0.312 e. The molecule has 8 heteroatoms. The van der Waals surface area contributed by atoms with Crippen LogP contribution in [0, 0.1) is 0 Å². The number of nitrogens with zero attached hydrogens (tertiary/aromatic N) is 1. The molecule has 0 aliphatic carbocycles. The fraction of sp³-hybridized carbons (Fsp3) is 0.222. The molecule has 1 aromatic heterocycles. The summed E-state index contributed by atoms with van der Waals surface area (Å²) >= 11 is 5.82. The predicted octanol–water partition coefficient (Wildman–Crippen LogP) is 3.04. The molecule has 0 unspecified atom stereocenters. The molecule has 2 rings (SSSR count). The number of halogens is 3. The second-order valence-corrected chi connectivity index (χ2v) is 5.84. The van der Waals surface area contributed by atoms with Gasteiger partial charge in [-0.3, -0.25) is 9.78 Å². The molecule has 3 N–H and O–H groups in total. The van der Waals surface area contributed by atoms with Crippen molar-refractivity contribution >= 4 is 23.1 Å². The van der Waals surface area contributed by atoms with Crippen molar-refractivity contribution in [1.82, 2.24) is 20.9 Å². The van der Waals surface area contributed by atoms with Crippen LogP contribution in [-0.4, -0.2) is 31.0 Å². The summed E-state index contributed by atoms with van der Waals surface area (Å²) in [5, 5.41) is 8.25. The zero-order chi connectivity index (χ0) is 18.9. The summed E-state index contributed by atoms with van der Waals surface area (Å²) in [6, 6.07) is 10.4. The Morgan fingerprint density at radius 2 is 1.96 bits per heavy atom. The first-order valence-electron chi connectivity index (χ1n) is 7.86. The highest BCUT2D eigenvalue weighted by molar-refractivity contribution is 6.30. The zero-order valence-corrected chi connectivity index (χ0v) is 14.9. The van der Waals surface area contributed by atoms with Gasteiger partial charge in [-0.1, -0.05) is 29.8 Å². The number of nitrogens with one attached hydrogen (secondary N) is 3. The Morgan fingerprint density at radius 3 is 2.54 bits per heavy atom. The number of likely N-dealkylation sites (N-methyl/N-ethyl adjacent to an activating group) is 1. The Balaban J connectivity index is 2.01. The van der Waals surface area contributed by atoms with E-state index in [9.17, 15) is 13.6 Å². The number of carbonyl (C=O) groups excluding carboxylic acids is 1. The van der Waals surface area contributed by atoms with E-state index in [1.807, 2.05) is 17.4 Å². The lowest BCUT2D eigenvalue weighted by Crippen LogP contribution is -2.23. The molecule has 0 bridgehead atoms. The van der Waals surface area contributed by atoms with Gasteiger partial charge in [-0.25, -0.2) is 0 Å². The minimum absolute atomic E-state index is 0.244. The molecule has 1 heterocycles. The molecule has 2 aromatic rings. The lowest BCUT2D eigenvalue weighted by atomic mass is 10.1. The van der Waals surface area contributed by atoms with Gasteiger partial charge in [-0.15, -0.1) is 0 Å². The summed E-state index contributed by atoms with van der Waals surface area (Å²) in [7, 11) is 1.71. The molecule has 5 nitrogen and oxygen atoms in total. The van der Waals surface area contributed by atoms with Crippen LogP contribution in [0.4, 0.5) is 8.78 Å². The fourth-order valence-corrected chi connectivity index (χ4v) is 2.31. The summed E-state index contributed by atoms with van der Waals surface area (Å²) < 4.78 is 24.6. The Bertz CT molecular complexity index is 749. The highest BCUT2D eigenvalue weighted by Crippen LogP contribution is 2.13. The largest absolute Gasteiger partial charge is 0.347 e. The van der Waals surface area contributed by atoms with Gasteiger partial charge in [0.25, 0.3) is 5.91 Å². The van der Waals surface area contributed by atoms with E-state index in [1.165, 1.54) is 12.4 Å². The Hall–Kier alpha value is -2.51. The van der Waals surface area contributed by atoms with Gasteiger partial charge in [0, 0.05) is 30.5 Å². The minimum atomic E-state index is -2.65. The van der Waals surface area contributed by atoms with Gasteiger partial charge in [0.2, 0.25) is 0 Å². The molecular weight excluding hydrogens is 362 g/mol. The summed E-state index contributed by atoms with van der Waals surface area (Å²) in [4.78, 5) is 16.3. The van der Waals surface area contributed by atoms with E-state index in [-0.39, 0.29) is 11.6 Å². The summed E-state index contributed by atoms with van der Waals surface area (Å²) in [6.07, 6.45) is 2.71. The van der Waals surface area contributed by atoms with Crippen molar-refractivity contribution in [2.45, 2.75) is 13.1 Å². The third kappa shape index (κ3) is 6.09. The van der Waals surface area contributed by atoms with Crippen LogP contribution >= 0.6 is 11.6 Å². The highest BCUT2D eigenvalue weighted by atomic mass is 35.5. The Kier molecular flexibility index (Phi) is 7.50. The van der Waals surface area contributed by atoms with Crippen molar-refractivity contribution in [2.24, 2.45) is 0 Å². The van der Waals surface area contributed by atoms with Crippen molar-refractivity contribution in [2.75, 3.05) is 13.6 Å². The SMILES string of the molecule is CNC/C(=C\NC(F)F)c1ccc(C(=O)NCc2ccc(Cl)cc2)nc1. The monoisotopic (exact) mass is 380 g/mol. The standard InChI is InChI=1S/C18H19ClF2N4O/c1-22-9-14(11-25-18(20)21)13-4-7-16(23-10-13)17(26)24-8-12-2-5-15(19)6-3-12/h2-7,10-11,18,22,25H,8-9H2,1H3,(H,24,26)/b14-11+. The lowest BCUT2D eigenvalue weighted by Gasteiger charge is -2.09. The maximum absolute atomic E-state index is 12.3. The number of amides is 1. The van der Waals surface area contributed by atoms with Gasteiger partial charge >= 0.3 is 6.55 Å². The molecule has 0 atom stereocenters. The molecule has 0 radical (unpaired) electrons. The first-order chi connectivity index (χ1) is 12.5. The molecule has 0 saturated carbocycles. The van der Waals surface area contributed by atoms with E-state index < -0.39 is 6.55 Å². The molecule has 0 spiro atoms. The van der Waals surface area contributed by atoms with Crippen molar-refractivity contribution in [3.05, 3.63) is 70.6 Å². The molecule has 0 fully saturated rings. The zero-order valence-electron chi connectivity index (χ0n) is 14.1. The Labute approximate surface area is 155 Å². The third-order valence-electron chi connectivity index (χ3n) is 3.48. The second kappa shape index (κ2) is 9.84. The summed E-state index contributed by atoms with van der Waals surface area (Å²) in [6.45, 7) is -1.92. The molecule has 0 aliphatic heterocycles. The van der Waals surface area contributed by atoms with E-state index in [2.05, 4.69) is 15.6 Å². The molecule has 0 aliphatic rings. The van der Waals surface area contributed by atoms with Crippen molar-refractivity contribution < 1.29 is 13.6 Å². The van der Waals surface area contributed by atoms with E-state index in [0.29, 0.717) is 29.2 Å². The van der Waals surface area contributed by atoms with E-state index in [0.717, 1.165) is 5.56 Å². The van der Waals surface area contributed by atoms with E-state index in [1.54, 1.807) is 31.3 Å². The van der Waals surface area contributed by atoms with Gasteiger partial charge in [0.05, 0.1) is 0 Å². The van der Waals surface area contributed by atoms with Crippen molar-refractivity contribution in [3.63, 3.8) is 0 Å². The maximum Gasteiger partial charge on any atom is 0.312 e. The van der Waals surface area contributed by atoms with Crippen LogP contribution in [0.15, 0.2) is 48.8 Å². The highest BCUT2D eigenvalue weighted by Gasteiger charge is 2.09. The van der Waals surface area contributed by atoms with E-state index in [4.69, 9.17) is 11.6 Å². The van der Waals surface area contributed by atoms with Gasteiger partial charge in [-0.05, 0) is 41.9 Å². The average Bonchev–Trinajstić information content (AvgIpc) is 2.64. The number of hydrogen-bond donors (Lipinski definition) is 3. The van der Waals surface area contributed by atoms with Crippen LogP contribution in [0.1, 0.15) is 21.6 Å². The molecular formula is C18H19ClF2N4O. The molecule has 26 heavy (non-hydrogen) atoms. The number of carbonyl (C=O) groups is 1. The number of rotatable bonds is 8. The van der Waals surface area contributed by atoms with Gasteiger partial charge in [0.15, 0.2) is 0 Å².